The molecule has 2 rings (SSSR count). The van der Waals surface area contributed by atoms with Crippen LogP contribution in [-0.2, 0) is 6.54 Å². The highest BCUT2D eigenvalue weighted by molar-refractivity contribution is 5.85. The zero-order valence-electron chi connectivity index (χ0n) is 8.58. The van der Waals surface area contributed by atoms with Crippen molar-refractivity contribution in [2.24, 2.45) is 0 Å². The van der Waals surface area contributed by atoms with Gasteiger partial charge in [-0.2, -0.15) is 28.4 Å². The maximum Gasteiger partial charge on any atom is 0.415 e. The molecular weight excluding hydrogens is 247 g/mol. The number of halogens is 3. The van der Waals surface area contributed by atoms with Crippen LogP contribution in [0.5, 0.6) is 0 Å². The van der Waals surface area contributed by atoms with Crippen LogP contribution in [0.1, 0.15) is 11.3 Å². The van der Waals surface area contributed by atoms with Crippen LogP contribution in [-0.4, -0.2) is 16.0 Å². The molecule has 0 N–H and O–H groups in total. The normalized spacial score (nSPS) is 13.8. The molecule has 1 aliphatic rings. The van der Waals surface area contributed by atoms with Crippen molar-refractivity contribution in [1.29, 1.82) is 10.5 Å². The lowest BCUT2D eigenvalue weighted by molar-refractivity contribution is -0.0935. The van der Waals surface area contributed by atoms with Gasteiger partial charge in [0.2, 0.25) is 0 Å². The van der Waals surface area contributed by atoms with Gasteiger partial charge in [0.05, 0.1) is 23.8 Å². The molecule has 2 heterocycles. The molecule has 0 spiro atoms. The van der Waals surface area contributed by atoms with Crippen LogP contribution < -0.4 is 0 Å². The number of rotatable bonds is 0. The van der Waals surface area contributed by atoms with E-state index in [0.29, 0.717) is 0 Å². The van der Waals surface area contributed by atoms with Gasteiger partial charge in [-0.05, 0) is 5.10 Å². The predicted octanol–water partition coefficient (Wildman–Crippen LogP) is 2.16. The van der Waals surface area contributed by atoms with Crippen molar-refractivity contribution < 1.29 is 13.2 Å². The molecule has 0 unspecified atom stereocenters. The first kappa shape index (κ1) is 11.7. The van der Waals surface area contributed by atoms with E-state index < -0.39 is 23.9 Å². The maximum atomic E-state index is 12.7. The lowest BCUT2D eigenvalue weighted by Crippen LogP contribution is -2.14. The Kier molecular flexibility index (Phi) is 2.34. The molecule has 1 aliphatic heterocycles. The highest BCUT2D eigenvalue weighted by Gasteiger charge is 2.44. The van der Waals surface area contributed by atoms with Crippen LogP contribution in [0.15, 0.2) is 5.57 Å². The molecule has 0 aromatic carbocycles. The Labute approximate surface area is 98.8 Å². The molecular formula is C10H2F3N5. The van der Waals surface area contributed by atoms with Gasteiger partial charge in [0.25, 0.3) is 0 Å². The Morgan fingerprint density at radius 1 is 1.33 bits per heavy atom. The number of nitriles is 2. The van der Waals surface area contributed by atoms with Crippen LogP contribution >= 0.6 is 0 Å². The van der Waals surface area contributed by atoms with Crippen molar-refractivity contribution in [3.05, 3.63) is 28.2 Å². The van der Waals surface area contributed by atoms with Crippen LogP contribution in [0, 0.1) is 29.2 Å². The van der Waals surface area contributed by atoms with Crippen molar-refractivity contribution in [3.8, 4) is 12.1 Å². The highest BCUT2D eigenvalue weighted by atomic mass is 19.4. The zero-order valence-corrected chi connectivity index (χ0v) is 8.58. The molecule has 0 saturated carbocycles. The van der Waals surface area contributed by atoms with Gasteiger partial charge >= 0.3 is 12.0 Å². The van der Waals surface area contributed by atoms with Crippen molar-refractivity contribution in [3.63, 3.8) is 0 Å². The van der Waals surface area contributed by atoms with Crippen molar-refractivity contribution in [2.75, 3.05) is 0 Å². The molecule has 8 heteroatoms. The number of hydrogen-bond acceptors (Lipinski definition) is 3. The molecule has 5 nitrogen and oxygen atoms in total. The summed E-state index contributed by atoms with van der Waals surface area (Å²) < 4.78 is 38.9. The third-order valence-electron chi connectivity index (χ3n) is 2.45. The summed E-state index contributed by atoms with van der Waals surface area (Å²) in [6.45, 7) is 6.12. The Bertz CT molecular complexity index is 687. The van der Waals surface area contributed by atoms with Gasteiger partial charge in [0, 0.05) is 0 Å². The minimum absolute atomic E-state index is 0.224. The van der Waals surface area contributed by atoms with Gasteiger partial charge in [0.15, 0.2) is 0 Å². The van der Waals surface area contributed by atoms with Crippen LogP contribution in [0.4, 0.5) is 19.0 Å². The van der Waals surface area contributed by atoms with Crippen LogP contribution in [0.25, 0.3) is 10.4 Å². The fraction of sp³-hybridized carbons (Fsp3) is 0.200. The Morgan fingerprint density at radius 3 is 2.44 bits per heavy atom. The molecule has 0 bridgehead atoms. The van der Waals surface area contributed by atoms with Crippen LogP contribution in [0.2, 0.25) is 0 Å². The second-order valence-corrected chi connectivity index (χ2v) is 3.39. The number of nitrogens with zero attached hydrogens (tertiary/aromatic N) is 5. The van der Waals surface area contributed by atoms with E-state index in [-0.39, 0.29) is 17.1 Å². The first-order chi connectivity index (χ1) is 8.43. The summed E-state index contributed by atoms with van der Waals surface area (Å²) in [7, 11) is 0. The third kappa shape index (κ3) is 1.42. The summed E-state index contributed by atoms with van der Waals surface area (Å²) >= 11 is 0. The highest BCUT2D eigenvalue weighted by Crippen LogP contribution is 2.41. The average molecular weight is 249 g/mol. The Morgan fingerprint density at radius 2 is 2.00 bits per heavy atom. The molecule has 0 aliphatic carbocycles. The quantitative estimate of drug-likeness (QED) is 0.661. The predicted molar refractivity (Wildman–Crippen MR) is 51.8 cm³/mol. The SMILES string of the molecule is [C-]#[N+]c1nn2c(c1C#N)C(C#N)=C(C(F)(F)F)C2. The van der Waals surface area contributed by atoms with Gasteiger partial charge in [-0.25, -0.2) is 0 Å². The minimum Gasteiger partial charge on any atom is -0.358 e. The molecule has 0 amide bonds. The van der Waals surface area contributed by atoms with Crippen molar-refractivity contribution in [2.45, 2.75) is 12.7 Å². The summed E-state index contributed by atoms with van der Waals surface area (Å²) in [4.78, 5) is 2.94. The first-order valence-electron chi connectivity index (χ1n) is 4.53. The Balaban J connectivity index is 2.75. The van der Waals surface area contributed by atoms with Gasteiger partial charge in [-0.15, -0.1) is 0 Å². The number of allylic oxidation sites excluding steroid dienone is 2. The Hall–Kier alpha value is -2.79. The van der Waals surface area contributed by atoms with Gasteiger partial charge in [-0.3, -0.25) is 0 Å². The van der Waals surface area contributed by atoms with E-state index >= 15 is 0 Å². The van der Waals surface area contributed by atoms with E-state index in [1.807, 2.05) is 0 Å². The number of alkyl halides is 3. The van der Waals surface area contributed by atoms with E-state index in [1.54, 1.807) is 6.07 Å². The lowest BCUT2D eigenvalue weighted by Gasteiger charge is -2.06. The third-order valence-corrected chi connectivity index (χ3v) is 2.45. The van der Waals surface area contributed by atoms with E-state index in [4.69, 9.17) is 17.1 Å². The van der Waals surface area contributed by atoms with Gasteiger partial charge < -0.3 is 4.85 Å². The summed E-state index contributed by atoms with van der Waals surface area (Å²) in [5, 5.41) is 21.2. The maximum absolute atomic E-state index is 12.7. The van der Waals surface area contributed by atoms with Gasteiger partial charge in [-0.1, -0.05) is 6.57 Å². The molecule has 0 fully saturated rings. The fourth-order valence-electron chi connectivity index (χ4n) is 1.72. The topological polar surface area (TPSA) is 69.8 Å². The van der Waals surface area contributed by atoms with E-state index in [2.05, 4.69) is 9.94 Å². The smallest absolute Gasteiger partial charge is 0.358 e. The minimum atomic E-state index is -4.66. The summed E-state index contributed by atoms with van der Waals surface area (Å²) in [6, 6.07) is 3.05. The second-order valence-electron chi connectivity index (χ2n) is 3.39. The van der Waals surface area contributed by atoms with Gasteiger partial charge in [0.1, 0.15) is 17.3 Å². The fourth-order valence-corrected chi connectivity index (χ4v) is 1.72. The monoisotopic (exact) mass is 249 g/mol. The number of aromatic nitrogens is 2. The van der Waals surface area contributed by atoms with E-state index in [0.717, 1.165) is 4.68 Å². The largest absolute Gasteiger partial charge is 0.415 e. The lowest BCUT2D eigenvalue weighted by atomic mass is 10.1. The molecule has 1 aromatic heterocycles. The summed E-state index contributed by atoms with van der Waals surface area (Å²) in [6.07, 6.45) is -4.66. The molecule has 0 saturated heterocycles. The van der Waals surface area contributed by atoms with Crippen LogP contribution in [0.3, 0.4) is 0 Å². The first-order valence-corrected chi connectivity index (χ1v) is 4.53. The summed E-state index contributed by atoms with van der Waals surface area (Å²) in [5.41, 5.74) is -2.19. The number of fused-ring (bicyclic) bond motifs is 1. The van der Waals surface area contributed by atoms with E-state index in [9.17, 15) is 13.2 Å². The molecule has 0 atom stereocenters. The average Bonchev–Trinajstić information content (AvgIpc) is 2.81. The second kappa shape index (κ2) is 3.61. The van der Waals surface area contributed by atoms with Crippen molar-refractivity contribution in [1.82, 2.24) is 9.78 Å². The zero-order chi connectivity index (χ0) is 13.5. The molecule has 0 radical (unpaired) electrons. The summed E-state index contributed by atoms with van der Waals surface area (Å²) in [5.74, 6) is -0.290. The molecule has 18 heavy (non-hydrogen) atoms. The molecule has 88 valence electrons. The molecule has 1 aromatic rings. The standard InChI is InChI=1S/C10H2F3N5/c1-16-9-6(3-15)8-5(2-14)7(10(11,12)13)4-18(8)17-9/h4H2. The van der Waals surface area contributed by atoms with Crippen molar-refractivity contribution >= 4 is 11.4 Å². The van der Waals surface area contributed by atoms with E-state index in [1.165, 1.54) is 6.07 Å². The number of hydrogen-bond donors (Lipinski definition) is 0.